The van der Waals surface area contributed by atoms with Crippen molar-refractivity contribution < 1.29 is 29.0 Å². The first-order valence-electron chi connectivity index (χ1n) is 11.6. The fraction of sp³-hybridized carbons (Fsp3) is 0.207. The van der Waals surface area contributed by atoms with Gasteiger partial charge in [0.25, 0.3) is 11.7 Å². The van der Waals surface area contributed by atoms with Crippen LogP contribution in [-0.2, 0) is 14.3 Å². The molecule has 190 valence electrons. The molecule has 1 saturated heterocycles. The molecule has 8 heteroatoms. The Hall–Kier alpha value is -3.91. The Bertz CT molecular complexity index is 1430. The monoisotopic (exact) mass is 563 g/mol. The average molecular weight is 564 g/mol. The first-order valence-corrected chi connectivity index (χ1v) is 12.4. The summed E-state index contributed by atoms with van der Waals surface area (Å²) in [6.45, 7) is 5.39. The predicted octanol–water partition coefficient (Wildman–Crippen LogP) is 5.96. The number of nitrogens with zero attached hydrogens (tertiary/aromatic N) is 1. The molecule has 4 rings (SSSR count). The normalized spacial score (nSPS) is 16.8. The van der Waals surface area contributed by atoms with Gasteiger partial charge < -0.3 is 14.6 Å². The number of carbonyl (C=O) groups excluding carboxylic acids is 3. The molecule has 7 nitrogen and oxygen atoms in total. The summed E-state index contributed by atoms with van der Waals surface area (Å²) in [7, 11) is 1.52. The number of amides is 1. The van der Waals surface area contributed by atoms with Crippen LogP contribution in [-0.4, -0.2) is 36.0 Å². The fourth-order valence-corrected chi connectivity index (χ4v) is 4.83. The summed E-state index contributed by atoms with van der Waals surface area (Å²) in [5.74, 6) is -1.94. The van der Waals surface area contributed by atoms with Crippen LogP contribution in [0.2, 0.25) is 0 Å². The fourth-order valence-electron chi connectivity index (χ4n) is 4.29. The standard InChI is InChI=1S/C29H26BrNO6/c1-16(2)37-29(35)20-9-6-10-21(14-20)31-25(18-8-5-7-17(3)13-18)24(27(33)28(31)34)26(32)19-11-12-23(36-4)22(30)15-19/h5-16,25,32H,1-4H3/b26-24+. The Morgan fingerprint density at radius 2 is 1.73 bits per heavy atom. The van der Waals surface area contributed by atoms with Crippen LogP contribution < -0.4 is 9.64 Å². The lowest BCUT2D eigenvalue weighted by Crippen LogP contribution is -2.29. The minimum absolute atomic E-state index is 0.0529. The van der Waals surface area contributed by atoms with Gasteiger partial charge >= 0.3 is 5.97 Å². The molecule has 0 saturated carbocycles. The second-order valence-corrected chi connectivity index (χ2v) is 9.79. The van der Waals surface area contributed by atoms with Crippen molar-refractivity contribution in [2.75, 3.05) is 12.0 Å². The number of aliphatic hydroxyl groups is 1. The van der Waals surface area contributed by atoms with Gasteiger partial charge in [-0.25, -0.2) is 4.79 Å². The van der Waals surface area contributed by atoms with E-state index in [1.54, 1.807) is 56.3 Å². The van der Waals surface area contributed by atoms with Gasteiger partial charge in [0.05, 0.1) is 34.9 Å². The largest absolute Gasteiger partial charge is 0.507 e. The van der Waals surface area contributed by atoms with Gasteiger partial charge in [-0.3, -0.25) is 14.5 Å². The van der Waals surface area contributed by atoms with Crippen molar-refractivity contribution in [1.82, 2.24) is 0 Å². The van der Waals surface area contributed by atoms with Crippen molar-refractivity contribution in [3.8, 4) is 5.75 Å². The van der Waals surface area contributed by atoms with Crippen molar-refractivity contribution in [2.24, 2.45) is 0 Å². The predicted molar refractivity (Wildman–Crippen MR) is 144 cm³/mol. The molecule has 37 heavy (non-hydrogen) atoms. The lowest BCUT2D eigenvalue weighted by molar-refractivity contribution is -0.132. The van der Waals surface area contributed by atoms with E-state index in [0.29, 0.717) is 27.0 Å². The average Bonchev–Trinajstić information content (AvgIpc) is 3.13. The van der Waals surface area contributed by atoms with Crippen molar-refractivity contribution in [2.45, 2.75) is 32.9 Å². The highest BCUT2D eigenvalue weighted by atomic mass is 79.9. The molecule has 1 amide bonds. The highest BCUT2D eigenvalue weighted by Gasteiger charge is 2.47. The smallest absolute Gasteiger partial charge is 0.338 e. The number of ether oxygens (including phenoxy) is 2. The van der Waals surface area contributed by atoms with E-state index < -0.39 is 23.7 Å². The van der Waals surface area contributed by atoms with Crippen LogP contribution in [0.3, 0.4) is 0 Å². The summed E-state index contributed by atoms with van der Waals surface area (Å²) in [4.78, 5) is 40.7. The summed E-state index contributed by atoms with van der Waals surface area (Å²) in [5.41, 5.74) is 2.44. The Labute approximate surface area is 223 Å². The second kappa shape index (κ2) is 10.6. The van der Waals surface area contributed by atoms with Crippen LogP contribution >= 0.6 is 15.9 Å². The molecular formula is C29H26BrNO6. The number of esters is 1. The molecule has 0 radical (unpaired) electrons. The van der Waals surface area contributed by atoms with E-state index in [2.05, 4.69) is 15.9 Å². The Balaban J connectivity index is 1.90. The first-order chi connectivity index (χ1) is 17.6. The molecule has 1 aliphatic heterocycles. The van der Waals surface area contributed by atoms with Gasteiger partial charge in [0.2, 0.25) is 0 Å². The molecule has 1 fully saturated rings. The molecule has 0 aromatic heterocycles. The van der Waals surface area contributed by atoms with Gasteiger partial charge in [0.15, 0.2) is 0 Å². The zero-order valence-corrected chi connectivity index (χ0v) is 22.4. The highest BCUT2D eigenvalue weighted by molar-refractivity contribution is 9.10. The van der Waals surface area contributed by atoms with Gasteiger partial charge in [-0.15, -0.1) is 0 Å². The third-order valence-corrected chi connectivity index (χ3v) is 6.55. The molecule has 0 aliphatic carbocycles. The van der Waals surface area contributed by atoms with E-state index in [-0.39, 0.29) is 23.0 Å². The Morgan fingerprint density at radius 3 is 2.38 bits per heavy atom. The summed E-state index contributed by atoms with van der Waals surface area (Å²) < 4.78 is 11.1. The Morgan fingerprint density at radius 1 is 1.00 bits per heavy atom. The minimum atomic E-state index is -0.919. The molecule has 0 spiro atoms. The number of aryl methyl sites for hydroxylation is 1. The number of methoxy groups -OCH3 is 1. The molecule has 1 heterocycles. The SMILES string of the molecule is COc1ccc(/C(O)=C2\C(=O)C(=O)N(c3cccc(C(=O)OC(C)C)c3)C2c2cccc(C)c2)cc1Br. The quantitative estimate of drug-likeness (QED) is 0.172. The summed E-state index contributed by atoms with van der Waals surface area (Å²) in [5, 5.41) is 11.3. The van der Waals surface area contributed by atoms with Crippen LogP contribution in [0.25, 0.3) is 5.76 Å². The van der Waals surface area contributed by atoms with Crippen molar-refractivity contribution in [1.29, 1.82) is 0 Å². The van der Waals surface area contributed by atoms with E-state index in [1.165, 1.54) is 18.1 Å². The zero-order valence-electron chi connectivity index (χ0n) is 20.8. The van der Waals surface area contributed by atoms with Gasteiger partial charge in [-0.1, -0.05) is 35.9 Å². The van der Waals surface area contributed by atoms with Crippen LogP contribution in [0.1, 0.15) is 46.9 Å². The van der Waals surface area contributed by atoms with E-state index in [1.807, 2.05) is 25.1 Å². The number of rotatable bonds is 6. The molecule has 1 aliphatic rings. The molecule has 3 aromatic rings. The van der Waals surface area contributed by atoms with Crippen molar-refractivity contribution in [3.05, 3.63) is 99.0 Å². The van der Waals surface area contributed by atoms with Crippen LogP contribution in [0, 0.1) is 6.92 Å². The van der Waals surface area contributed by atoms with Crippen molar-refractivity contribution >= 4 is 45.0 Å². The zero-order chi connectivity index (χ0) is 26.9. The van der Waals surface area contributed by atoms with E-state index >= 15 is 0 Å². The molecule has 1 unspecified atom stereocenters. The molecular weight excluding hydrogens is 538 g/mol. The number of carbonyl (C=O) groups is 3. The third kappa shape index (κ3) is 5.15. The highest BCUT2D eigenvalue weighted by Crippen LogP contribution is 2.43. The second-order valence-electron chi connectivity index (χ2n) is 8.94. The maximum absolute atomic E-state index is 13.4. The van der Waals surface area contributed by atoms with Gasteiger partial charge in [-0.2, -0.15) is 0 Å². The number of benzene rings is 3. The lowest BCUT2D eigenvalue weighted by atomic mass is 9.94. The number of ketones is 1. The van der Waals surface area contributed by atoms with E-state index in [4.69, 9.17) is 9.47 Å². The number of halogens is 1. The van der Waals surface area contributed by atoms with Gasteiger partial charge in [-0.05, 0) is 78.7 Å². The maximum atomic E-state index is 13.4. The summed E-state index contributed by atoms with van der Waals surface area (Å²) >= 11 is 3.40. The molecule has 0 bridgehead atoms. The van der Waals surface area contributed by atoms with Crippen molar-refractivity contribution in [3.63, 3.8) is 0 Å². The maximum Gasteiger partial charge on any atom is 0.338 e. The number of aliphatic hydroxyl groups excluding tert-OH is 1. The number of hydrogen-bond acceptors (Lipinski definition) is 6. The summed E-state index contributed by atoms with van der Waals surface area (Å²) in [6, 6.07) is 17.7. The van der Waals surface area contributed by atoms with Crippen LogP contribution in [0.5, 0.6) is 5.75 Å². The van der Waals surface area contributed by atoms with E-state index in [0.717, 1.165) is 5.56 Å². The first kappa shape index (κ1) is 26.2. The third-order valence-electron chi connectivity index (χ3n) is 5.93. The molecule has 1 N–H and O–H groups in total. The lowest BCUT2D eigenvalue weighted by Gasteiger charge is -2.26. The topological polar surface area (TPSA) is 93.1 Å². The van der Waals surface area contributed by atoms with Gasteiger partial charge in [0, 0.05) is 11.3 Å². The van der Waals surface area contributed by atoms with Crippen LogP contribution in [0.4, 0.5) is 5.69 Å². The summed E-state index contributed by atoms with van der Waals surface area (Å²) in [6.07, 6.45) is -0.318. The number of hydrogen-bond donors (Lipinski definition) is 1. The van der Waals surface area contributed by atoms with Gasteiger partial charge in [0.1, 0.15) is 11.5 Å². The molecule has 3 aromatic carbocycles. The van der Waals surface area contributed by atoms with Crippen LogP contribution in [0.15, 0.2) is 76.8 Å². The number of Topliss-reactive ketones (excluding diaryl/α,β-unsaturated/α-hetero) is 1. The Kier molecular flexibility index (Phi) is 7.50. The molecule has 1 atom stereocenters. The number of anilines is 1. The minimum Gasteiger partial charge on any atom is -0.507 e. The van der Waals surface area contributed by atoms with E-state index in [9.17, 15) is 19.5 Å².